The SMILES string of the molecule is COc1cc(/C=C(/C#N)C(=O)Nc2ccc(C)cc2)ccc1OS(=O)(=O)c1cccc([N+](=O)[O-])c1. The van der Waals surface area contributed by atoms with Crippen LogP contribution in [0.3, 0.4) is 0 Å². The Hall–Kier alpha value is -4.69. The van der Waals surface area contributed by atoms with Gasteiger partial charge in [0.2, 0.25) is 0 Å². The maximum atomic E-state index is 12.6. The molecule has 0 bridgehead atoms. The molecule has 0 aliphatic rings. The molecule has 3 aromatic carbocycles. The summed E-state index contributed by atoms with van der Waals surface area (Å²) >= 11 is 0. The topological polar surface area (TPSA) is 149 Å². The molecule has 1 N–H and O–H groups in total. The highest BCUT2D eigenvalue weighted by Gasteiger charge is 2.22. The number of anilines is 1. The predicted octanol–water partition coefficient (Wildman–Crippen LogP) is 4.23. The monoisotopic (exact) mass is 493 g/mol. The molecule has 0 spiro atoms. The van der Waals surface area contributed by atoms with Crippen LogP contribution >= 0.6 is 0 Å². The Kier molecular flexibility index (Phi) is 7.48. The van der Waals surface area contributed by atoms with Crippen molar-refractivity contribution in [1.82, 2.24) is 0 Å². The predicted molar refractivity (Wildman–Crippen MR) is 127 cm³/mol. The van der Waals surface area contributed by atoms with E-state index in [0.717, 1.165) is 23.8 Å². The van der Waals surface area contributed by atoms with Crippen molar-refractivity contribution >= 4 is 33.5 Å². The third-order valence-corrected chi connectivity index (χ3v) is 5.92. The summed E-state index contributed by atoms with van der Waals surface area (Å²) < 4.78 is 35.6. The van der Waals surface area contributed by atoms with Crippen molar-refractivity contribution in [3.63, 3.8) is 0 Å². The fraction of sp³-hybridized carbons (Fsp3) is 0.0833. The summed E-state index contributed by atoms with van der Waals surface area (Å²) in [5.41, 5.74) is 1.31. The smallest absolute Gasteiger partial charge is 0.339 e. The third-order valence-electron chi connectivity index (χ3n) is 4.69. The van der Waals surface area contributed by atoms with Crippen LogP contribution in [0.4, 0.5) is 11.4 Å². The molecule has 0 saturated carbocycles. The number of amides is 1. The summed E-state index contributed by atoms with van der Waals surface area (Å²) in [4.78, 5) is 22.3. The van der Waals surface area contributed by atoms with Gasteiger partial charge in [-0.15, -0.1) is 0 Å². The van der Waals surface area contributed by atoms with Crippen LogP contribution in [-0.4, -0.2) is 26.4 Å². The normalized spacial score (nSPS) is 11.3. The number of hydrogen-bond acceptors (Lipinski definition) is 8. The highest BCUT2D eigenvalue weighted by molar-refractivity contribution is 7.87. The highest BCUT2D eigenvalue weighted by Crippen LogP contribution is 2.32. The highest BCUT2D eigenvalue weighted by atomic mass is 32.2. The molecule has 1 amide bonds. The first-order chi connectivity index (χ1) is 16.6. The van der Waals surface area contributed by atoms with Gasteiger partial charge in [0.1, 0.15) is 16.5 Å². The lowest BCUT2D eigenvalue weighted by Gasteiger charge is -2.11. The Morgan fingerprint density at radius 2 is 1.80 bits per heavy atom. The zero-order chi connectivity index (χ0) is 25.6. The van der Waals surface area contributed by atoms with Gasteiger partial charge in [-0.25, -0.2) is 0 Å². The molecule has 0 fully saturated rings. The molecule has 3 rings (SSSR count). The number of nitro groups is 1. The van der Waals surface area contributed by atoms with Gasteiger partial charge in [-0.1, -0.05) is 29.8 Å². The van der Waals surface area contributed by atoms with Crippen LogP contribution in [0.25, 0.3) is 6.08 Å². The van der Waals surface area contributed by atoms with Gasteiger partial charge in [0.15, 0.2) is 11.5 Å². The van der Waals surface area contributed by atoms with Gasteiger partial charge in [0, 0.05) is 17.8 Å². The van der Waals surface area contributed by atoms with E-state index in [1.165, 1.54) is 37.5 Å². The molecular formula is C24H19N3O7S. The average molecular weight is 493 g/mol. The lowest BCUT2D eigenvalue weighted by atomic mass is 10.1. The second-order valence-corrected chi connectivity index (χ2v) is 8.74. The molecule has 3 aromatic rings. The van der Waals surface area contributed by atoms with Crippen LogP contribution in [0, 0.1) is 28.4 Å². The summed E-state index contributed by atoms with van der Waals surface area (Å²) in [6, 6.07) is 17.4. The van der Waals surface area contributed by atoms with E-state index in [0.29, 0.717) is 11.3 Å². The Bertz CT molecular complexity index is 1460. The van der Waals surface area contributed by atoms with Crippen LogP contribution in [0.5, 0.6) is 11.5 Å². The van der Waals surface area contributed by atoms with Crippen molar-refractivity contribution < 1.29 is 27.1 Å². The lowest BCUT2D eigenvalue weighted by molar-refractivity contribution is -0.385. The van der Waals surface area contributed by atoms with Crippen molar-refractivity contribution in [1.29, 1.82) is 5.26 Å². The maximum absolute atomic E-state index is 12.6. The van der Waals surface area contributed by atoms with E-state index in [2.05, 4.69) is 5.32 Å². The second kappa shape index (κ2) is 10.5. The number of aryl methyl sites for hydroxylation is 1. The molecule has 10 nitrogen and oxygen atoms in total. The number of non-ortho nitro benzene ring substituents is 1. The van der Waals surface area contributed by atoms with E-state index in [-0.39, 0.29) is 17.1 Å². The Morgan fingerprint density at radius 3 is 2.43 bits per heavy atom. The molecule has 0 atom stereocenters. The van der Waals surface area contributed by atoms with E-state index in [1.807, 2.05) is 25.1 Å². The molecule has 0 aliphatic heterocycles. The minimum atomic E-state index is -4.41. The molecule has 0 saturated heterocycles. The minimum absolute atomic E-state index is 0.00369. The molecule has 0 aliphatic carbocycles. The number of benzene rings is 3. The molecule has 0 unspecified atom stereocenters. The van der Waals surface area contributed by atoms with Gasteiger partial charge < -0.3 is 14.2 Å². The molecule has 0 radical (unpaired) electrons. The average Bonchev–Trinajstić information content (AvgIpc) is 2.84. The molecule has 178 valence electrons. The van der Waals surface area contributed by atoms with Gasteiger partial charge in [-0.2, -0.15) is 13.7 Å². The van der Waals surface area contributed by atoms with Crippen molar-refractivity contribution in [2.45, 2.75) is 11.8 Å². The Labute approximate surface area is 201 Å². The fourth-order valence-electron chi connectivity index (χ4n) is 2.91. The quantitative estimate of drug-likeness (QED) is 0.161. The molecule has 35 heavy (non-hydrogen) atoms. The first-order valence-corrected chi connectivity index (χ1v) is 11.4. The number of ether oxygens (including phenoxy) is 1. The van der Waals surface area contributed by atoms with Gasteiger partial charge in [0.05, 0.1) is 12.0 Å². The van der Waals surface area contributed by atoms with E-state index in [1.54, 1.807) is 12.1 Å². The number of nitriles is 1. The summed E-state index contributed by atoms with van der Waals surface area (Å²) in [5.74, 6) is -0.799. The standard InChI is InChI=1S/C24H19N3O7S/c1-16-6-9-19(10-7-16)26-24(28)18(15-25)12-17-8-11-22(23(13-17)33-2)34-35(31,32)21-5-3-4-20(14-21)27(29)30/h3-14H,1-2H3,(H,26,28)/b18-12-. The van der Waals surface area contributed by atoms with Crippen LogP contribution in [-0.2, 0) is 14.9 Å². The van der Waals surface area contributed by atoms with Gasteiger partial charge >= 0.3 is 10.1 Å². The number of nitrogens with one attached hydrogen (secondary N) is 1. The van der Waals surface area contributed by atoms with E-state index >= 15 is 0 Å². The molecule has 0 heterocycles. The summed E-state index contributed by atoms with van der Waals surface area (Å²) in [5, 5.41) is 23.0. The first-order valence-electron chi connectivity index (χ1n) is 10.00. The number of nitrogens with zero attached hydrogens (tertiary/aromatic N) is 2. The Balaban J connectivity index is 1.85. The van der Waals surface area contributed by atoms with E-state index in [4.69, 9.17) is 8.92 Å². The van der Waals surface area contributed by atoms with Gasteiger partial charge in [-0.05, 0) is 48.9 Å². The van der Waals surface area contributed by atoms with E-state index < -0.39 is 31.5 Å². The van der Waals surface area contributed by atoms with Crippen molar-refractivity contribution in [2.75, 3.05) is 12.4 Å². The lowest BCUT2D eigenvalue weighted by Crippen LogP contribution is -2.13. The van der Waals surface area contributed by atoms with Crippen LogP contribution < -0.4 is 14.2 Å². The second-order valence-electron chi connectivity index (χ2n) is 7.19. The van der Waals surface area contributed by atoms with Crippen LogP contribution in [0.2, 0.25) is 0 Å². The number of carbonyl (C=O) groups excluding carboxylic acids is 1. The Morgan fingerprint density at radius 1 is 1.09 bits per heavy atom. The minimum Gasteiger partial charge on any atom is -0.493 e. The fourth-order valence-corrected chi connectivity index (χ4v) is 3.89. The molecular weight excluding hydrogens is 474 g/mol. The zero-order valence-corrected chi connectivity index (χ0v) is 19.4. The third kappa shape index (κ3) is 6.21. The number of nitro benzene ring substituents is 1. The first kappa shape index (κ1) is 24.9. The number of rotatable bonds is 8. The van der Waals surface area contributed by atoms with Crippen LogP contribution in [0.15, 0.2) is 77.2 Å². The summed E-state index contributed by atoms with van der Waals surface area (Å²) in [7, 11) is -3.13. The molecule has 0 aromatic heterocycles. The van der Waals surface area contributed by atoms with E-state index in [9.17, 15) is 28.6 Å². The summed E-state index contributed by atoms with van der Waals surface area (Å²) in [6.07, 6.45) is 1.31. The number of hydrogen-bond donors (Lipinski definition) is 1. The number of carbonyl (C=O) groups is 1. The van der Waals surface area contributed by atoms with Crippen LogP contribution in [0.1, 0.15) is 11.1 Å². The summed E-state index contributed by atoms with van der Waals surface area (Å²) in [6.45, 7) is 1.90. The maximum Gasteiger partial charge on any atom is 0.339 e. The molecule has 11 heteroatoms. The largest absolute Gasteiger partial charge is 0.493 e. The zero-order valence-electron chi connectivity index (χ0n) is 18.6. The van der Waals surface area contributed by atoms with Crippen molar-refractivity contribution in [3.8, 4) is 17.6 Å². The van der Waals surface area contributed by atoms with Gasteiger partial charge in [0.25, 0.3) is 11.6 Å². The van der Waals surface area contributed by atoms with Crippen molar-refractivity contribution in [2.24, 2.45) is 0 Å². The van der Waals surface area contributed by atoms with Gasteiger partial charge in [-0.3, -0.25) is 14.9 Å². The number of methoxy groups -OCH3 is 1. The van der Waals surface area contributed by atoms with Crippen molar-refractivity contribution in [3.05, 3.63) is 93.5 Å².